The topological polar surface area (TPSA) is 17.1 Å². The third-order valence-electron chi connectivity index (χ3n) is 1.86. The predicted octanol–water partition coefficient (Wildman–Crippen LogP) is 4.33. The maximum absolute atomic E-state index is 11.9. The van der Waals surface area contributed by atoms with Crippen molar-refractivity contribution in [1.82, 2.24) is 0 Å². The van der Waals surface area contributed by atoms with Crippen LogP contribution in [0.15, 0.2) is 22.7 Å². The van der Waals surface area contributed by atoms with Crippen LogP contribution in [0.1, 0.15) is 31.1 Å². The molecule has 1 rings (SSSR count). The van der Waals surface area contributed by atoms with Crippen LogP contribution >= 0.6 is 27.5 Å². The van der Waals surface area contributed by atoms with E-state index in [4.69, 9.17) is 11.6 Å². The lowest BCUT2D eigenvalue weighted by atomic mass is 9.87. The van der Waals surface area contributed by atoms with Crippen LogP contribution in [0, 0.1) is 5.41 Å². The Kier molecular flexibility index (Phi) is 3.38. The number of rotatable bonds is 1. The van der Waals surface area contributed by atoms with Crippen molar-refractivity contribution in [2.75, 3.05) is 0 Å². The van der Waals surface area contributed by atoms with Crippen molar-refractivity contribution in [3.05, 3.63) is 33.3 Å². The Hall–Kier alpha value is -0.340. The van der Waals surface area contributed by atoms with Crippen LogP contribution in [0.25, 0.3) is 0 Å². The molecule has 0 amide bonds. The first-order valence-electron chi connectivity index (χ1n) is 4.32. The van der Waals surface area contributed by atoms with E-state index in [0.717, 1.165) is 4.47 Å². The van der Waals surface area contributed by atoms with E-state index >= 15 is 0 Å². The molecule has 0 fully saturated rings. The van der Waals surface area contributed by atoms with Crippen LogP contribution in [-0.4, -0.2) is 5.78 Å². The van der Waals surface area contributed by atoms with Gasteiger partial charge >= 0.3 is 0 Å². The third kappa shape index (κ3) is 2.58. The Balaban J connectivity index is 3.15. The smallest absolute Gasteiger partial charge is 0.169 e. The van der Waals surface area contributed by atoms with Crippen LogP contribution < -0.4 is 0 Å². The highest BCUT2D eigenvalue weighted by Crippen LogP contribution is 2.28. The van der Waals surface area contributed by atoms with E-state index in [1.165, 1.54) is 0 Å². The summed E-state index contributed by atoms with van der Waals surface area (Å²) in [7, 11) is 0. The molecular formula is C11H12BrClO. The standard InChI is InChI=1S/C11H12BrClO/c1-11(2,3)10(14)8-5-4-7(13)6-9(8)12/h4-6H,1-3H3. The predicted molar refractivity (Wildman–Crippen MR) is 62.9 cm³/mol. The van der Waals surface area contributed by atoms with Crippen molar-refractivity contribution < 1.29 is 4.79 Å². The number of hydrogen-bond acceptors (Lipinski definition) is 1. The lowest BCUT2D eigenvalue weighted by molar-refractivity contribution is 0.0857. The zero-order valence-corrected chi connectivity index (χ0v) is 10.7. The summed E-state index contributed by atoms with van der Waals surface area (Å²) in [4.78, 5) is 11.9. The molecule has 0 spiro atoms. The van der Waals surface area contributed by atoms with Gasteiger partial charge in [-0.25, -0.2) is 0 Å². The van der Waals surface area contributed by atoms with Gasteiger partial charge in [-0.2, -0.15) is 0 Å². The second kappa shape index (κ2) is 4.03. The van der Waals surface area contributed by atoms with Crippen molar-refractivity contribution in [2.24, 2.45) is 5.41 Å². The first-order valence-corrected chi connectivity index (χ1v) is 5.49. The maximum atomic E-state index is 11.9. The van der Waals surface area contributed by atoms with Crippen molar-refractivity contribution in [3.63, 3.8) is 0 Å². The Morgan fingerprint density at radius 3 is 2.36 bits per heavy atom. The van der Waals surface area contributed by atoms with Gasteiger partial charge < -0.3 is 0 Å². The quantitative estimate of drug-likeness (QED) is 0.697. The molecular weight excluding hydrogens is 263 g/mol. The zero-order chi connectivity index (χ0) is 10.9. The molecule has 0 aliphatic carbocycles. The fourth-order valence-corrected chi connectivity index (χ4v) is 1.94. The van der Waals surface area contributed by atoms with E-state index in [-0.39, 0.29) is 11.2 Å². The largest absolute Gasteiger partial charge is 0.294 e. The molecule has 0 aliphatic heterocycles. The summed E-state index contributed by atoms with van der Waals surface area (Å²) in [6.45, 7) is 5.70. The summed E-state index contributed by atoms with van der Waals surface area (Å²) >= 11 is 9.13. The number of carbonyl (C=O) groups is 1. The van der Waals surface area contributed by atoms with Crippen molar-refractivity contribution >= 4 is 33.3 Å². The summed E-state index contributed by atoms with van der Waals surface area (Å²) < 4.78 is 0.755. The molecule has 14 heavy (non-hydrogen) atoms. The minimum Gasteiger partial charge on any atom is -0.294 e. The summed E-state index contributed by atoms with van der Waals surface area (Å²) in [5, 5.41) is 0.627. The summed E-state index contributed by atoms with van der Waals surface area (Å²) in [6.07, 6.45) is 0. The normalized spacial score (nSPS) is 11.5. The van der Waals surface area contributed by atoms with E-state index in [1.807, 2.05) is 20.8 Å². The summed E-state index contributed by atoms with van der Waals surface area (Å²) in [5.41, 5.74) is 0.318. The molecule has 0 unspecified atom stereocenters. The average Bonchev–Trinajstić information content (AvgIpc) is 2.01. The number of carbonyl (C=O) groups excluding carboxylic acids is 1. The lowest BCUT2D eigenvalue weighted by Crippen LogP contribution is -2.20. The van der Waals surface area contributed by atoms with Gasteiger partial charge in [0.2, 0.25) is 0 Å². The highest BCUT2D eigenvalue weighted by Gasteiger charge is 2.24. The minimum absolute atomic E-state index is 0.112. The average molecular weight is 276 g/mol. The van der Waals surface area contributed by atoms with Crippen LogP contribution in [0.5, 0.6) is 0 Å². The van der Waals surface area contributed by atoms with Gasteiger partial charge in [-0.1, -0.05) is 32.4 Å². The Bertz CT molecular complexity index is 366. The molecule has 0 aromatic heterocycles. The molecule has 0 saturated heterocycles. The van der Waals surface area contributed by atoms with Gasteiger partial charge in [0.15, 0.2) is 5.78 Å². The zero-order valence-electron chi connectivity index (χ0n) is 8.40. The fourth-order valence-electron chi connectivity index (χ4n) is 1.08. The monoisotopic (exact) mass is 274 g/mol. The van der Waals surface area contributed by atoms with Crippen molar-refractivity contribution in [1.29, 1.82) is 0 Å². The minimum atomic E-state index is -0.365. The summed E-state index contributed by atoms with van der Waals surface area (Å²) in [5.74, 6) is 0.112. The number of hydrogen-bond donors (Lipinski definition) is 0. The molecule has 0 radical (unpaired) electrons. The van der Waals surface area contributed by atoms with E-state index in [9.17, 15) is 4.79 Å². The van der Waals surface area contributed by atoms with Gasteiger partial charge in [-0.3, -0.25) is 4.79 Å². The summed E-state index contributed by atoms with van der Waals surface area (Å²) in [6, 6.07) is 5.21. The fraction of sp³-hybridized carbons (Fsp3) is 0.364. The molecule has 1 aromatic carbocycles. The van der Waals surface area contributed by atoms with Crippen LogP contribution in [0.4, 0.5) is 0 Å². The van der Waals surface area contributed by atoms with Crippen molar-refractivity contribution in [2.45, 2.75) is 20.8 Å². The highest BCUT2D eigenvalue weighted by molar-refractivity contribution is 9.10. The van der Waals surface area contributed by atoms with Gasteiger partial charge in [0, 0.05) is 20.5 Å². The van der Waals surface area contributed by atoms with Gasteiger partial charge in [0.05, 0.1) is 0 Å². The number of benzene rings is 1. The lowest BCUT2D eigenvalue weighted by Gasteiger charge is -2.17. The van der Waals surface area contributed by atoms with Crippen molar-refractivity contribution in [3.8, 4) is 0 Å². The van der Waals surface area contributed by atoms with Crippen LogP contribution in [0.2, 0.25) is 5.02 Å². The Morgan fingerprint density at radius 1 is 1.36 bits per heavy atom. The van der Waals surface area contributed by atoms with E-state index in [0.29, 0.717) is 10.6 Å². The number of ketones is 1. The first kappa shape index (κ1) is 11.7. The molecule has 0 bridgehead atoms. The molecule has 0 heterocycles. The Labute approximate surface area is 97.6 Å². The molecule has 1 aromatic rings. The van der Waals surface area contributed by atoms with Crippen LogP contribution in [0.3, 0.4) is 0 Å². The van der Waals surface area contributed by atoms with Gasteiger partial charge in [0.1, 0.15) is 0 Å². The second-order valence-corrected chi connectivity index (χ2v) is 5.49. The molecule has 0 saturated carbocycles. The van der Waals surface area contributed by atoms with Gasteiger partial charge in [0.25, 0.3) is 0 Å². The van der Waals surface area contributed by atoms with E-state index < -0.39 is 0 Å². The number of Topliss-reactive ketones (excluding diaryl/α,β-unsaturated/α-hetero) is 1. The first-order chi connectivity index (χ1) is 6.32. The molecule has 0 aliphatic rings. The highest BCUT2D eigenvalue weighted by atomic mass is 79.9. The Morgan fingerprint density at radius 2 is 1.93 bits per heavy atom. The van der Waals surface area contributed by atoms with E-state index in [2.05, 4.69) is 15.9 Å². The molecule has 3 heteroatoms. The molecule has 0 atom stereocenters. The number of halogens is 2. The van der Waals surface area contributed by atoms with E-state index in [1.54, 1.807) is 18.2 Å². The molecule has 76 valence electrons. The van der Waals surface area contributed by atoms with Gasteiger partial charge in [-0.05, 0) is 34.1 Å². The van der Waals surface area contributed by atoms with Gasteiger partial charge in [-0.15, -0.1) is 0 Å². The maximum Gasteiger partial charge on any atom is 0.169 e. The second-order valence-electron chi connectivity index (χ2n) is 4.20. The third-order valence-corrected chi connectivity index (χ3v) is 2.75. The molecule has 0 N–H and O–H groups in total. The SMILES string of the molecule is CC(C)(C)C(=O)c1ccc(Cl)cc1Br. The molecule has 1 nitrogen and oxygen atoms in total. The van der Waals surface area contributed by atoms with Crippen LogP contribution in [-0.2, 0) is 0 Å².